The zero-order valence-electron chi connectivity index (χ0n) is 7.55. The van der Waals surface area contributed by atoms with Crippen molar-refractivity contribution in [2.75, 3.05) is 6.54 Å². The number of aliphatic carboxylic acids is 1. The summed E-state index contributed by atoms with van der Waals surface area (Å²) < 4.78 is 0. The van der Waals surface area contributed by atoms with Crippen LogP contribution in [0.15, 0.2) is 0 Å². The molecule has 0 aromatic rings. The van der Waals surface area contributed by atoms with Crippen LogP contribution in [-0.4, -0.2) is 23.7 Å². The number of nitrogens with two attached hydrogens (primary N) is 2. The number of carbonyl (C=O) groups is 1. The lowest BCUT2D eigenvalue weighted by atomic mass is 10.1. The third-order valence-electron chi connectivity index (χ3n) is 1.29. The van der Waals surface area contributed by atoms with Gasteiger partial charge in [-0.25, -0.2) is 0 Å². The van der Waals surface area contributed by atoms with E-state index in [1.165, 1.54) is 0 Å². The normalized spacial score (nSPS) is 9.29. The van der Waals surface area contributed by atoms with E-state index >= 15 is 0 Å². The molecule has 0 saturated heterocycles. The summed E-state index contributed by atoms with van der Waals surface area (Å²) >= 11 is 0. The van der Waals surface area contributed by atoms with E-state index in [0.29, 0.717) is 13.0 Å². The van der Waals surface area contributed by atoms with Crippen LogP contribution in [0.25, 0.3) is 0 Å². The van der Waals surface area contributed by atoms with Crippen molar-refractivity contribution in [1.29, 1.82) is 0 Å². The first-order valence-electron chi connectivity index (χ1n) is 3.37. The van der Waals surface area contributed by atoms with E-state index in [4.69, 9.17) is 16.6 Å². The molecule has 0 saturated carbocycles. The van der Waals surface area contributed by atoms with Crippen LogP contribution in [0.3, 0.4) is 0 Å². The van der Waals surface area contributed by atoms with Crippen LogP contribution < -0.4 is 11.5 Å². The Labute approximate surface area is 79.1 Å². The molecule has 8 heteroatoms. The average molecular weight is 226 g/mol. The van der Waals surface area contributed by atoms with Gasteiger partial charge in [-0.3, -0.25) is 23.6 Å². The largest absolute Gasteiger partial charge is 0.480 e. The number of unbranched alkanes of at least 4 members (excludes halogenated alkanes) is 1. The Morgan fingerprint density at radius 1 is 1.14 bits per heavy atom. The van der Waals surface area contributed by atoms with Crippen molar-refractivity contribution >= 4 is 5.97 Å². The molecule has 0 fully saturated rings. The summed E-state index contributed by atoms with van der Waals surface area (Å²) in [6, 6.07) is -0.716. The highest BCUT2D eigenvalue weighted by molar-refractivity contribution is 5.72. The standard InChI is InChI=1S/C6H14N2O2.4FH/c7-4-2-1-3-5(8)6(9)10;;;;/h5H,1-4,7-8H2,(H,9,10);4*1H. The minimum Gasteiger partial charge on any atom is -0.480 e. The first-order valence-corrected chi connectivity index (χ1v) is 3.37. The van der Waals surface area contributed by atoms with Crippen molar-refractivity contribution in [2.45, 2.75) is 25.3 Å². The minimum absolute atomic E-state index is 0. The fourth-order valence-corrected chi connectivity index (χ4v) is 0.632. The summed E-state index contributed by atoms with van der Waals surface area (Å²) in [6.45, 7) is 0.604. The average Bonchev–Trinajstić information content (AvgIpc) is 1.88. The predicted octanol–water partition coefficient (Wildman–Crippen LogP) is 0.137. The summed E-state index contributed by atoms with van der Waals surface area (Å²) in [6.07, 6.45) is 2.16. The maximum Gasteiger partial charge on any atom is 0.320 e. The maximum atomic E-state index is 10.1. The molecule has 1 atom stereocenters. The highest BCUT2D eigenvalue weighted by Gasteiger charge is 2.09. The monoisotopic (exact) mass is 226 g/mol. The number of hydrogen-bond acceptors (Lipinski definition) is 3. The second-order valence-electron chi connectivity index (χ2n) is 2.23. The Bertz CT molecular complexity index is 118. The van der Waals surface area contributed by atoms with Gasteiger partial charge in [0.15, 0.2) is 0 Å². The first-order chi connectivity index (χ1) is 4.68. The van der Waals surface area contributed by atoms with Crippen molar-refractivity contribution in [3.05, 3.63) is 0 Å². The Morgan fingerprint density at radius 3 is 1.86 bits per heavy atom. The van der Waals surface area contributed by atoms with Gasteiger partial charge in [-0.1, -0.05) is 6.42 Å². The van der Waals surface area contributed by atoms with Crippen molar-refractivity contribution in [3.8, 4) is 0 Å². The number of hydrogen-bond donors (Lipinski definition) is 3. The summed E-state index contributed by atoms with van der Waals surface area (Å²) in [5.74, 6) is -0.933. The molecule has 0 rings (SSSR count). The third kappa shape index (κ3) is 17.3. The zero-order valence-corrected chi connectivity index (χ0v) is 7.55. The lowest BCUT2D eigenvalue weighted by molar-refractivity contribution is -0.138. The maximum absolute atomic E-state index is 10.1. The fraction of sp³-hybridized carbons (Fsp3) is 0.833. The molecule has 0 aliphatic carbocycles. The molecule has 0 aliphatic heterocycles. The minimum atomic E-state index is -0.933. The van der Waals surface area contributed by atoms with Gasteiger partial charge in [0, 0.05) is 0 Å². The van der Waals surface area contributed by atoms with Crippen LogP contribution in [0, 0.1) is 0 Å². The van der Waals surface area contributed by atoms with E-state index in [1.807, 2.05) is 0 Å². The second-order valence-corrected chi connectivity index (χ2v) is 2.23. The lowest BCUT2D eigenvalue weighted by Gasteiger charge is -2.03. The van der Waals surface area contributed by atoms with Gasteiger partial charge in [-0.15, -0.1) is 0 Å². The predicted molar refractivity (Wildman–Crippen MR) is 48.5 cm³/mol. The van der Waals surface area contributed by atoms with Gasteiger partial charge >= 0.3 is 5.97 Å². The number of rotatable bonds is 5. The van der Waals surface area contributed by atoms with Gasteiger partial charge in [0.25, 0.3) is 0 Å². The highest BCUT2D eigenvalue weighted by atomic mass is 19.0. The van der Waals surface area contributed by atoms with Crippen LogP contribution in [0.1, 0.15) is 19.3 Å². The zero-order chi connectivity index (χ0) is 7.98. The SMILES string of the molecule is F.F.F.F.NCCCCC(N)C(=O)O. The summed E-state index contributed by atoms with van der Waals surface area (Å²) in [5.41, 5.74) is 10.4. The van der Waals surface area contributed by atoms with Crippen LogP contribution >= 0.6 is 0 Å². The van der Waals surface area contributed by atoms with E-state index in [2.05, 4.69) is 0 Å². The Morgan fingerprint density at radius 2 is 1.57 bits per heavy atom. The molecule has 0 amide bonds. The topological polar surface area (TPSA) is 89.3 Å². The number of halogens is 4. The van der Waals surface area contributed by atoms with E-state index in [0.717, 1.165) is 12.8 Å². The Balaban J connectivity index is -0.0000000675. The molecule has 1 unspecified atom stereocenters. The molecule has 4 nitrogen and oxygen atoms in total. The second kappa shape index (κ2) is 18.0. The molecule has 14 heavy (non-hydrogen) atoms. The van der Waals surface area contributed by atoms with E-state index < -0.39 is 12.0 Å². The van der Waals surface area contributed by atoms with Crippen molar-refractivity contribution in [3.63, 3.8) is 0 Å². The quantitative estimate of drug-likeness (QED) is 0.459. The van der Waals surface area contributed by atoms with Crippen molar-refractivity contribution in [1.82, 2.24) is 0 Å². The molecule has 5 N–H and O–H groups in total. The lowest BCUT2D eigenvalue weighted by Crippen LogP contribution is -2.29. The molecule has 0 radical (unpaired) electrons. The van der Waals surface area contributed by atoms with Gasteiger partial charge in [0.05, 0.1) is 0 Å². The van der Waals surface area contributed by atoms with E-state index in [9.17, 15) is 4.79 Å². The van der Waals surface area contributed by atoms with E-state index in [-0.39, 0.29) is 18.8 Å². The van der Waals surface area contributed by atoms with Gasteiger partial charge in [-0.2, -0.15) is 0 Å². The fourth-order valence-electron chi connectivity index (χ4n) is 0.632. The third-order valence-corrected chi connectivity index (χ3v) is 1.29. The smallest absolute Gasteiger partial charge is 0.320 e. The van der Waals surface area contributed by atoms with Gasteiger partial charge < -0.3 is 16.6 Å². The summed E-state index contributed by atoms with van der Waals surface area (Å²) in [5, 5.41) is 8.33. The van der Waals surface area contributed by atoms with Gasteiger partial charge in [-0.05, 0) is 19.4 Å². The van der Waals surface area contributed by atoms with Crippen LogP contribution in [-0.2, 0) is 4.79 Å². The van der Waals surface area contributed by atoms with Gasteiger partial charge in [0.1, 0.15) is 6.04 Å². The first kappa shape index (κ1) is 29.2. The number of carboxylic acid groups (broad SMARTS) is 1. The van der Waals surface area contributed by atoms with Crippen LogP contribution in [0.2, 0.25) is 0 Å². The molecule has 0 aromatic carbocycles. The molecular formula is C6H18F4N2O2. The molecule has 92 valence electrons. The van der Waals surface area contributed by atoms with E-state index in [1.54, 1.807) is 0 Å². The Hall–Kier alpha value is -0.890. The summed E-state index contributed by atoms with van der Waals surface area (Å²) in [4.78, 5) is 10.1. The summed E-state index contributed by atoms with van der Waals surface area (Å²) in [7, 11) is 0. The van der Waals surface area contributed by atoms with Crippen LogP contribution in [0.4, 0.5) is 18.8 Å². The van der Waals surface area contributed by atoms with Crippen molar-refractivity contribution in [2.24, 2.45) is 11.5 Å². The Kier molecular flexibility index (Phi) is 37.6. The highest BCUT2D eigenvalue weighted by Crippen LogP contribution is 1.96. The molecule has 0 heterocycles. The molecule has 0 aliphatic rings. The van der Waals surface area contributed by atoms with Crippen LogP contribution in [0.5, 0.6) is 0 Å². The molecule has 0 spiro atoms. The van der Waals surface area contributed by atoms with Gasteiger partial charge in [0.2, 0.25) is 0 Å². The van der Waals surface area contributed by atoms with Crippen molar-refractivity contribution < 1.29 is 28.7 Å². The molecule has 0 aromatic heterocycles. The molecular weight excluding hydrogens is 208 g/mol. The molecule has 0 bridgehead atoms. The number of carboxylic acids is 1.